The van der Waals surface area contributed by atoms with E-state index in [-0.39, 0.29) is 5.91 Å². The Kier molecular flexibility index (Phi) is 6.51. The number of carbonyl (C=O) groups is 1. The molecule has 0 saturated carbocycles. The highest BCUT2D eigenvalue weighted by Crippen LogP contribution is 2.15. The number of aromatic nitrogens is 2. The second kappa shape index (κ2) is 9.65. The molecule has 0 radical (unpaired) electrons. The fourth-order valence-corrected chi connectivity index (χ4v) is 3.93. The van der Waals surface area contributed by atoms with Crippen molar-refractivity contribution in [1.82, 2.24) is 10.1 Å². The molecule has 1 aromatic heterocycles. The van der Waals surface area contributed by atoms with Gasteiger partial charge in [-0.3, -0.25) is 4.79 Å². The Hall–Kier alpha value is -3.03. The molecule has 2 heterocycles. The number of aryl methyl sites for hydroxylation is 1. The minimum Gasteiger partial charge on any atom is -0.333 e. The highest BCUT2D eigenvalue weighted by molar-refractivity contribution is 5.92. The molecule has 7 nitrogen and oxygen atoms in total. The zero-order valence-electron chi connectivity index (χ0n) is 17.4. The number of para-hydroxylation sites is 1. The smallest absolute Gasteiger partial charge is 0.282 e. The second-order valence-corrected chi connectivity index (χ2v) is 7.79. The van der Waals surface area contributed by atoms with E-state index in [1.165, 1.54) is 15.4 Å². The van der Waals surface area contributed by atoms with Crippen LogP contribution in [0.15, 0.2) is 59.1 Å². The molecule has 1 aliphatic rings. The lowest BCUT2D eigenvalue weighted by atomic mass is 10.1. The van der Waals surface area contributed by atoms with E-state index < -0.39 is 0 Å². The van der Waals surface area contributed by atoms with Crippen LogP contribution in [0.25, 0.3) is 11.4 Å². The van der Waals surface area contributed by atoms with Crippen LogP contribution in [-0.2, 0) is 17.8 Å². The summed E-state index contributed by atoms with van der Waals surface area (Å²) in [5, 5.41) is 7.18. The summed E-state index contributed by atoms with van der Waals surface area (Å²) in [6, 6.07) is 17.9. The first-order valence-electron chi connectivity index (χ1n) is 10.6. The lowest BCUT2D eigenvalue weighted by Crippen LogP contribution is -3.28. The normalized spacial score (nSPS) is 18.8. The molecule has 1 saturated heterocycles. The number of carbonyl (C=O) groups excluding carboxylic acids is 1. The molecule has 1 fully saturated rings. The summed E-state index contributed by atoms with van der Waals surface area (Å²) in [7, 11) is 0. The Bertz CT molecular complexity index is 964. The van der Waals surface area contributed by atoms with Gasteiger partial charge in [0.2, 0.25) is 5.82 Å². The molecule has 1 amide bonds. The Morgan fingerprint density at radius 2 is 1.70 bits per heavy atom. The molecule has 4 rings (SSSR count). The van der Waals surface area contributed by atoms with Gasteiger partial charge in [0.25, 0.3) is 11.8 Å². The van der Waals surface area contributed by atoms with E-state index in [1.807, 2.05) is 48.5 Å². The van der Waals surface area contributed by atoms with Gasteiger partial charge in [-0.15, -0.1) is 0 Å². The van der Waals surface area contributed by atoms with Crippen molar-refractivity contribution in [3.05, 3.63) is 66.1 Å². The molecule has 3 aromatic rings. The maximum atomic E-state index is 12.5. The van der Waals surface area contributed by atoms with Crippen LogP contribution in [-0.4, -0.2) is 48.8 Å². The predicted octanol–water partition coefficient (Wildman–Crippen LogP) is 0.221. The van der Waals surface area contributed by atoms with Gasteiger partial charge in [-0.2, -0.15) is 4.98 Å². The molecule has 156 valence electrons. The maximum absolute atomic E-state index is 12.5. The summed E-state index contributed by atoms with van der Waals surface area (Å²) in [6.07, 6.45) is 0.910. The molecule has 0 atom stereocenters. The van der Waals surface area contributed by atoms with E-state index >= 15 is 0 Å². The van der Waals surface area contributed by atoms with E-state index in [2.05, 4.69) is 28.4 Å². The summed E-state index contributed by atoms with van der Waals surface area (Å²) in [6.45, 7) is 7.21. The van der Waals surface area contributed by atoms with Crippen LogP contribution in [0.1, 0.15) is 18.4 Å². The number of piperazine rings is 1. The number of hydrogen-bond donors (Lipinski definition) is 3. The van der Waals surface area contributed by atoms with Crippen LogP contribution in [0, 0.1) is 0 Å². The maximum Gasteiger partial charge on any atom is 0.282 e. The first-order chi connectivity index (χ1) is 14.7. The number of anilines is 1. The lowest BCUT2D eigenvalue weighted by Gasteiger charge is -2.28. The molecule has 1 aliphatic heterocycles. The van der Waals surface area contributed by atoms with Crippen molar-refractivity contribution >= 4 is 11.6 Å². The van der Waals surface area contributed by atoms with Crippen molar-refractivity contribution in [1.29, 1.82) is 0 Å². The van der Waals surface area contributed by atoms with E-state index in [0.717, 1.165) is 50.4 Å². The van der Waals surface area contributed by atoms with Crippen LogP contribution < -0.4 is 15.1 Å². The Balaban J connectivity index is 1.24. The van der Waals surface area contributed by atoms with Gasteiger partial charge >= 0.3 is 0 Å². The number of benzene rings is 2. The second-order valence-electron chi connectivity index (χ2n) is 7.79. The molecule has 0 spiro atoms. The van der Waals surface area contributed by atoms with Crippen molar-refractivity contribution in [2.45, 2.75) is 19.9 Å². The van der Waals surface area contributed by atoms with Gasteiger partial charge in [0.15, 0.2) is 13.1 Å². The average molecular weight is 408 g/mol. The van der Waals surface area contributed by atoms with E-state index in [4.69, 9.17) is 4.52 Å². The first kappa shape index (κ1) is 20.3. The van der Waals surface area contributed by atoms with Crippen molar-refractivity contribution in [3.8, 4) is 11.4 Å². The SMILES string of the molecule is CCc1ccccc1NC(=O)C[NH+]1CC[NH+](Cc2nc(-c3ccccc3)no2)CC1. The summed E-state index contributed by atoms with van der Waals surface area (Å²) in [5.41, 5.74) is 3.07. The Labute approximate surface area is 176 Å². The molecular weight excluding hydrogens is 378 g/mol. The van der Waals surface area contributed by atoms with Gasteiger partial charge in [0, 0.05) is 11.3 Å². The molecule has 30 heavy (non-hydrogen) atoms. The largest absolute Gasteiger partial charge is 0.333 e. The summed E-state index contributed by atoms with van der Waals surface area (Å²) in [4.78, 5) is 19.8. The summed E-state index contributed by atoms with van der Waals surface area (Å²) in [5.74, 6) is 1.39. The third-order valence-corrected chi connectivity index (χ3v) is 5.65. The quantitative estimate of drug-likeness (QED) is 0.524. The minimum absolute atomic E-state index is 0.0822. The third kappa shape index (κ3) is 5.11. The predicted molar refractivity (Wildman–Crippen MR) is 114 cm³/mol. The molecule has 7 heteroatoms. The molecule has 3 N–H and O–H groups in total. The van der Waals surface area contributed by atoms with E-state index in [1.54, 1.807) is 0 Å². The van der Waals surface area contributed by atoms with Crippen LogP contribution in [0.3, 0.4) is 0 Å². The van der Waals surface area contributed by atoms with Crippen molar-refractivity contribution in [2.75, 3.05) is 38.0 Å². The highest BCUT2D eigenvalue weighted by atomic mass is 16.5. The van der Waals surface area contributed by atoms with Crippen molar-refractivity contribution < 1.29 is 19.1 Å². The van der Waals surface area contributed by atoms with Crippen LogP contribution in [0.4, 0.5) is 5.69 Å². The summed E-state index contributed by atoms with van der Waals surface area (Å²) >= 11 is 0. The standard InChI is InChI=1S/C23H27N5O2/c1-2-18-8-6-7-11-20(18)24-21(29)16-27-12-14-28(15-13-27)17-22-25-23(26-30-22)19-9-4-3-5-10-19/h3-11H,2,12-17H2,1H3,(H,24,29)/p+2. The topological polar surface area (TPSA) is 76.9 Å². The van der Waals surface area contributed by atoms with Crippen LogP contribution in [0.2, 0.25) is 0 Å². The third-order valence-electron chi connectivity index (χ3n) is 5.65. The van der Waals surface area contributed by atoms with Gasteiger partial charge in [-0.05, 0) is 18.1 Å². The highest BCUT2D eigenvalue weighted by Gasteiger charge is 2.26. The van der Waals surface area contributed by atoms with Gasteiger partial charge in [-0.25, -0.2) is 0 Å². The van der Waals surface area contributed by atoms with Gasteiger partial charge in [0.1, 0.15) is 26.2 Å². The van der Waals surface area contributed by atoms with Crippen molar-refractivity contribution in [2.24, 2.45) is 0 Å². The number of amides is 1. The fourth-order valence-electron chi connectivity index (χ4n) is 3.93. The number of nitrogens with zero attached hydrogens (tertiary/aromatic N) is 2. The Morgan fingerprint density at radius 1 is 1.00 bits per heavy atom. The first-order valence-corrected chi connectivity index (χ1v) is 10.6. The molecule has 0 aliphatic carbocycles. The number of hydrogen-bond acceptors (Lipinski definition) is 4. The number of nitrogens with one attached hydrogen (secondary N) is 3. The number of rotatable bonds is 7. The molecular formula is C23H29N5O2+2. The monoisotopic (exact) mass is 407 g/mol. The van der Waals surface area contributed by atoms with E-state index in [9.17, 15) is 4.79 Å². The van der Waals surface area contributed by atoms with Gasteiger partial charge in [0.05, 0.1) is 0 Å². The number of quaternary nitrogens is 2. The molecule has 0 bridgehead atoms. The average Bonchev–Trinajstić information content (AvgIpc) is 3.24. The zero-order valence-corrected chi connectivity index (χ0v) is 17.4. The molecule has 0 unspecified atom stereocenters. The Morgan fingerprint density at radius 3 is 2.47 bits per heavy atom. The van der Waals surface area contributed by atoms with Crippen LogP contribution >= 0.6 is 0 Å². The minimum atomic E-state index is 0.0822. The van der Waals surface area contributed by atoms with Gasteiger partial charge in [-0.1, -0.05) is 60.6 Å². The zero-order chi connectivity index (χ0) is 20.8. The van der Waals surface area contributed by atoms with Gasteiger partial charge < -0.3 is 19.6 Å². The lowest BCUT2D eigenvalue weighted by molar-refractivity contribution is -1.02. The van der Waals surface area contributed by atoms with Crippen molar-refractivity contribution in [3.63, 3.8) is 0 Å². The van der Waals surface area contributed by atoms with E-state index in [0.29, 0.717) is 18.3 Å². The fraction of sp³-hybridized carbons (Fsp3) is 0.348. The molecule has 2 aromatic carbocycles. The van der Waals surface area contributed by atoms with Crippen LogP contribution in [0.5, 0.6) is 0 Å². The summed E-state index contributed by atoms with van der Waals surface area (Å²) < 4.78 is 5.45.